The fourth-order valence-corrected chi connectivity index (χ4v) is 2.89. The lowest BCUT2D eigenvalue weighted by molar-refractivity contribution is -0.870. The number of hydrogen-bond donors (Lipinski definition) is 0. The van der Waals surface area contributed by atoms with Gasteiger partial charge in [0, 0.05) is 12.8 Å². The number of esters is 2. The van der Waals surface area contributed by atoms with Gasteiger partial charge < -0.3 is 27.9 Å². The molecule has 0 aliphatic carbocycles. The molecule has 0 heterocycles. The SMILES string of the molecule is CCCCCCCC(=O)OC(COC(=O)CC)COP(=O)([O-])OCC[N+](C)(C)C. The van der Waals surface area contributed by atoms with Crippen molar-refractivity contribution in [2.75, 3.05) is 47.5 Å². The van der Waals surface area contributed by atoms with Crippen molar-refractivity contribution in [1.82, 2.24) is 0 Å². The maximum Gasteiger partial charge on any atom is 0.306 e. The molecule has 0 aromatic heterocycles. The number of ether oxygens (including phenoxy) is 2. The fourth-order valence-electron chi connectivity index (χ4n) is 2.16. The number of quaternary nitrogens is 1. The second kappa shape index (κ2) is 14.9. The fraction of sp³-hybridized carbons (Fsp3) is 0.895. The van der Waals surface area contributed by atoms with Crippen molar-refractivity contribution in [1.29, 1.82) is 0 Å². The number of carbonyl (C=O) groups is 2. The first kappa shape index (κ1) is 28.0. The van der Waals surface area contributed by atoms with Crippen molar-refractivity contribution in [2.45, 2.75) is 64.9 Å². The lowest BCUT2D eigenvalue weighted by atomic mass is 10.1. The molecule has 0 aromatic carbocycles. The Morgan fingerprint density at radius 2 is 1.62 bits per heavy atom. The van der Waals surface area contributed by atoms with E-state index in [2.05, 4.69) is 6.92 Å². The molecule has 0 radical (unpaired) electrons. The Balaban J connectivity index is 4.52. The number of phosphoric ester groups is 1. The molecule has 10 heteroatoms. The van der Waals surface area contributed by atoms with Crippen LogP contribution in [0.4, 0.5) is 0 Å². The van der Waals surface area contributed by atoms with Crippen LogP contribution < -0.4 is 4.89 Å². The molecular weight excluding hydrogens is 401 g/mol. The topological polar surface area (TPSA) is 111 Å². The largest absolute Gasteiger partial charge is 0.756 e. The van der Waals surface area contributed by atoms with Crippen LogP contribution in [0, 0.1) is 0 Å². The van der Waals surface area contributed by atoms with Gasteiger partial charge in [0.25, 0.3) is 7.82 Å². The molecule has 0 amide bonds. The summed E-state index contributed by atoms with van der Waals surface area (Å²) in [5.74, 6) is -0.954. The lowest BCUT2D eigenvalue weighted by Gasteiger charge is -2.28. The van der Waals surface area contributed by atoms with Crippen LogP contribution in [0.5, 0.6) is 0 Å². The van der Waals surface area contributed by atoms with Gasteiger partial charge in [-0.1, -0.05) is 39.5 Å². The number of hydrogen-bond acceptors (Lipinski definition) is 8. The van der Waals surface area contributed by atoms with E-state index in [0.29, 0.717) is 17.4 Å². The molecule has 172 valence electrons. The summed E-state index contributed by atoms with van der Waals surface area (Å²) in [5.41, 5.74) is 0. The predicted molar refractivity (Wildman–Crippen MR) is 107 cm³/mol. The highest BCUT2D eigenvalue weighted by Gasteiger charge is 2.21. The summed E-state index contributed by atoms with van der Waals surface area (Å²) in [6.45, 7) is 3.44. The average molecular weight is 439 g/mol. The van der Waals surface area contributed by atoms with Crippen LogP contribution in [-0.2, 0) is 32.7 Å². The zero-order valence-corrected chi connectivity index (χ0v) is 19.4. The third-order valence-corrected chi connectivity index (χ3v) is 4.90. The van der Waals surface area contributed by atoms with E-state index in [-0.39, 0.29) is 26.1 Å². The summed E-state index contributed by atoms with van der Waals surface area (Å²) in [7, 11) is 1.15. The summed E-state index contributed by atoms with van der Waals surface area (Å²) < 4.78 is 32.3. The number of likely N-dealkylation sites (N-methyl/N-ethyl adjacent to an activating group) is 1. The van der Waals surface area contributed by atoms with Crippen molar-refractivity contribution >= 4 is 19.8 Å². The van der Waals surface area contributed by atoms with Gasteiger partial charge in [0.15, 0.2) is 6.10 Å². The lowest BCUT2D eigenvalue weighted by Crippen LogP contribution is -2.37. The van der Waals surface area contributed by atoms with E-state index in [1.807, 2.05) is 21.1 Å². The van der Waals surface area contributed by atoms with Crippen molar-refractivity contribution < 1.29 is 42.1 Å². The quantitative estimate of drug-likeness (QED) is 0.147. The zero-order chi connectivity index (χ0) is 22.3. The molecule has 0 rings (SSSR count). The van der Waals surface area contributed by atoms with Gasteiger partial charge in [-0.2, -0.15) is 0 Å². The maximum absolute atomic E-state index is 12.0. The van der Waals surface area contributed by atoms with Crippen molar-refractivity contribution in [2.24, 2.45) is 0 Å². The number of unbranched alkanes of at least 4 members (excludes halogenated alkanes) is 4. The third kappa shape index (κ3) is 17.6. The smallest absolute Gasteiger partial charge is 0.306 e. The molecule has 2 unspecified atom stereocenters. The molecule has 0 saturated heterocycles. The zero-order valence-electron chi connectivity index (χ0n) is 18.5. The Hall–Kier alpha value is -0.990. The molecule has 0 N–H and O–H groups in total. The minimum Gasteiger partial charge on any atom is -0.756 e. The standard InChI is InChI=1S/C19H38NO8P/c1-6-8-9-10-11-12-19(22)28-17(15-25-18(21)7-2)16-27-29(23,24)26-14-13-20(3,4)5/h17H,6-16H2,1-5H3. The van der Waals surface area contributed by atoms with Crippen LogP contribution in [0.15, 0.2) is 0 Å². The molecule has 2 atom stereocenters. The monoisotopic (exact) mass is 439 g/mol. The van der Waals surface area contributed by atoms with Gasteiger partial charge in [0.1, 0.15) is 19.8 Å². The van der Waals surface area contributed by atoms with Gasteiger partial charge in [-0.25, -0.2) is 0 Å². The highest BCUT2D eigenvalue weighted by atomic mass is 31.2. The first-order chi connectivity index (χ1) is 13.5. The van der Waals surface area contributed by atoms with Crippen LogP contribution in [-0.4, -0.2) is 70.0 Å². The van der Waals surface area contributed by atoms with Crippen molar-refractivity contribution in [3.05, 3.63) is 0 Å². The normalized spacial score (nSPS) is 14.8. The molecule has 0 aliphatic rings. The van der Waals surface area contributed by atoms with Crippen LogP contribution in [0.3, 0.4) is 0 Å². The molecular formula is C19H38NO8P. The molecule has 9 nitrogen and oxygen atoms in total. The molecule has 0 spiro atoms. The molecule has 0 saturated carbocycles. The van der Waals surface area contributed by atoms with Crippen molar-refractivity contribution in [3.8, 4) is 0 Å². The van der Waals surface area contributed by atoms with E-state index in [1.165, 1.54) is 0 Å². The molecule has 0 aromatic rings. The van der Waals surface area contributed by atoms with E-state index >= 15 is 0 Å². The van der Waals surface area contributed by atoms with Gasteiger partial charge in [-0.3, -0.25) is 14.2 Å². The summed E-state index contributed by atoms with van der Waals surface area (Å²) in [5, 5.41) is 0. The Kier molecular flexibility index (Phi) is 14.4. The summed E-state index contributed by atoms with van der Waals surface area (Å²) in [4.78, 5) is 35.3. The predicted octanol–water partition coefficient (Wildman–Crippen LogP) is 2.42. The second-order valence-corrected chi connectivity index (χ2v) is 9.31. The molecule has 0 bridgehead atoms. The first-order valence-electron chi connectivity index (χ1n) is 10.2. The second-order valence-electron chi connectivity index (χ2n) is 7.90. The van der Waals surface area contributed by atoms with E-state index in [1.54, 1.807) is 6.92 Å². The summed E-state index contributed by atoms with van der Waals surface area (Å²) >= 11 is 0. The Labute approximate surface area is 174 Å². The Bertz CT molecular complexity index is 521. The summed E-state index contributed by atoms with van der Waals surface area (Å²) in [6.07, 6.45) is 4.25. The maximum atomic E-state index is 12.0. The van der Waals surface area contributed by atoms with Crippen LogP contribution in [0.2, 0.25) is 0 Å². The molecule has 0 fully saturated rings. The van der Waals surface area contributed by atoms with E-state index in [0.717, 1.165) is 25.7 Å². The van der Waals surface area contributed by atoms with E-state index in [9.17, 15) is 19.0 Å². The van der Waals surface area contributed by atoms with Crippen LogP contribution >= 0.6 is 7.82 Å². The van der Waals surface area contributed by atoms with Gasteiger partial charge in [0.05, 0.1) is 27.7 Å². The summed E-state index contributed by atoms with van der Waals surface area (Å²) in [6, 6.07) is 0. The van der Waals surface area contributed by atoms with Gasteiger partial charge in [-0.05, 0) is 6.42 Å². The van der Waals surface area contributed by atoms with E-state index < -0.39 is 32.5 Å². The number of phosphoric acid groups is 1. The van der Waals surface area contributed by atoms with Gasteiger partial charge >= 0.3 is 11.9 Å². The van der Waals surface area contributed by atoms with Gasteiger partial charge in [-0.15, -0.1) is 0 Å². The van der Waals surface area contributed by atoms with E-state index in [4.69, 9.17) is 18.5 Å². The van der Waals surface area contributed by atoms with Gasteiger partial charge in [0.2, 0.25) is 0 Å². The molecule has 0 aliphatic heterocycles. The highest BCUT2D eigenvalue weighted by molar-refractivity contribution is 7.45. The number of nitrogens with zero attached hydrogens (tertiary/aromatic N) is 1. The number of carbonyl (C=O) groups excluding carboxylic acids is 2. The minimum absolute atomic E-state index is 0.0304. The van der Waals surface area contributed by atoms with Crippen LogP contribution in [0.1, 0.15) is 58.8 Å². The Morgan fingerprint density at radius 1 is 0.966 bits per heavy atom. The van der Waals surface area contributed by atoms with Crippen LogP contribution in [0.25, 0.3) is 0 Å². The Morgan fingerprint density at radius 3 is 2.21 bits per heavy atom. The van der Waals surface area contributed by atoms with Crippen molar-refractivity contribution in [3.63, 3.8) is 0 Å². The number of rotatable bonds is 17. The first-order valence-corrected chi connectivity index (χ1v) is 11.7. The molecule has 29 heavy (non-hydrogen) atoms. The third-order valence-electron chi connectivity index (χ3n) is 3.93. The average Bonchev–Trinajstić information content (AvgIpc) is 2.62. The highest BCUT2D eigenvalue weighted by Crippen LogP contribution is 2.38. The minimum atomic E-state index is -4.56.